The first-order chi connectivity index (χ1) is 14.9. The number of sulfonamides is 1. The molecule has 1 atom stereocenters. The molecular weight excluding hydrogens is 420 g/mol. The normalized spacial score (nSPS) is 20.2. The van der Waals surface area contributed by atoms with E-state index in [2.05, 4.69) is 15.4 Å². The second-order valence-corrected chi connectivity index (χ2v) is 10.2. The fourth-order valence-electron chi connectivity index (χ4n) is 4.62. The second-order valence-electron chi connectivity index (χ2n) is 8.35. The van der Waals surface area contributed by atoms with Crippen LogP contribution in [-0.2, 0) is 14.8 Å². The molecule has 10 heteroatoms. The van der Waals surface area contributed by atoms with Crippen molar-refractivity contribution in [1.29, 1.82) is 0 Å². The Hall–Kier alpha value is -2.17. The van der Waals surface area contributed by atoms with Crippen molar-refractivity contribution < 1.29 is 22.2 Å². The molecule has 2 aromatic rings. The van der Waals surface area contributed by atoms with Crippen LogP contribution in [0.4, 0.5) is 0 Å². The molecule has 170 valence electrons. The van der Waals surface area contributed by atoms with Crippen LogP contribution in [0.2, 0.25) is 0 Å². The molecule has 4 heterocycles. The van der Waals surface area contributed by atoms with E-state index in [-0.39, 0.29) is 22.8 Å². The standard InChI is InChI=1S/C21H30N4O5S/c1-15-20(16(2)30-23-15)31(27,28)25-11-7-17(8-12-25)21(26)22-14-18(19-6-5-13-29-19)24-9-3-4-10-24/h5-6,13,17-18H,3-4,7-12,14H2,1-2H3,(H,22,26). The van der Waals surface area contributed by atoms with Gasteiger partial charge in [-0.1, -0.05) is 5.16 Å². The molecule has 1 unspecified atom stereocenters. The first-order valence-electron chi connectivity index (χ1n) is 10.9. The molecule has 1 N–H and O–H groups in total. The zero-order chi connectivity index (χ0) is 22.0. The molecule has 9 nitrogen and oxygen atoms in total. The van der Waals surface area contributed by atoms with Gasteiger partial charge in [0.2, 0.25) is 15.9 Å². The van der Waals surface area contributed by atoms with Gasteiger partial charge in [0, 0.05) is 25.6 Å². The number of nitrogens with zero attached hydrogens (tertiary/aromatic N) is 3. The van der Waals surface area contributed by atoms with Gasteiger partial charge in [-0.3, -0.25) is 9.69 Å². The van der Waals surface area contributed by atoms with Gasteiger partial charge in [-0.15, -0.1) is 0 Å². The van der Waals surface area contributed by atoms with Crippen LogP contribution in [0, 0.1) is 19.8 Å². The van der Waals surface area contributed by atoms with Crippen LogP contribution in [0.15, 0.2) is 32.2 Å². The first kappa shape index (κ1) is 22.0. The minimum absolute atomic E-state index is 0.0230. The van der Waals surface area contributed by atoms with Gasteiger partial charge >= 0.3 is 0 Å². The Bertz CT molecular complexity index is 968. The maximum absolute atomic E-state index is 13.0. The summed E-state index contributed by atoms with van der Waals surface area (Å²) in [4.78, 5) is 15.3. The summed E-state index contributed by atoms with van der Waals surface area (Å²) < 4.78 is 38.0. The van der Waals surface area contributed by atoms with Crippen LogP contribution in [0.5, 0.6) is 0 Å². The molecule has 2 aliphatic heterocycles. The molecule has 0 aliphatic carbocycles. The monoisotopic (exact) mass is 450 g/mol. The predicted molar refractivity (Wildman–Crippen MR) is 113 cm³/mol. The quantitative estimate of drug-likeness (QED) is 0.689. The maximum Gasteiger partial charge on any atom is 0.248 e. The van der Waals surface area contributed by atoms with E-state index >= 15 is 0 Å². The molecule has 1 amide bonds. The van der Waals surface area contributed by atoms with Gasteiger partial charge in [0.1, 0.15) is 16.3 Å². The van der Waals surface area contributed by atoms with E-state index in [1.165, 1.54) is 4.31 Å². The van der Waals surface area contributed by atoms with E-state index in [1.807, 2.05) is 12.1 Å². The highest BCUT2D eigenvalue weighted by molar-refractivity contribution is 7.89. The van der Waals surface area contributed by atoms with E-state index in [0.29, 0.717) is 43.9 Å². The number of amides is 1. The zero-order valence-electron chi connectivity index (χ0n) is 18.0. The fraction of sp³-hybridized carbons (Fsp3) is 0.619. The van der Waals surface area contributed by atoms with Crippen molar-refractivity contribution in [2.24, 2.45) is 5.92 Å². The van der Waals surface area contributed by atoms with Crippen molar-refractivity contribution in [3.8, 4) is 0 Å². The summed E-state index contributed by atoms with van der Waals surface area (Å²) in [7, 11) is -3.67. The van der Waals surface area contributed by atoms with Crippen LogP contribution < -0.4 is 5.32 Å². The molecule has 0 bridgehead atoms. The number of likely N-dealkylation sites (tertiary alicyclic amines) is 1. The third kappa shape index (κ3) is 4.56. The number of carbonyl (C=O) groups excluding carboxylic acids is 1. The van der Waals surface area contributed by atoms with Crippen molar-refractivity contribution >= 4 is 15.9 Å². The molecule has 0 radical (unpaired) electrons. The Morgan fingerprint density at radius 1 is 1.23 bits per heavy atom. The molecule has 2 aromatic heterocycles. The van der Waals surface area contributed by atoms with Crippen molar-refractivity contribution in [1.82, 2.24) is 19.7 Å². The number of piperidine rings is 1. The molecular formula is C21H30N4O5S. The third-order valence-corrected chi connectivity index (χ3v) is 8.46. The number of nitrogens with one attached hydrogen (secondary N) is 1. The topological polar surface area (TPSA) is 109 Å². The summed E-state index contributed by atoms with van der Waals surface area (Å²) in [6.45, 7) is 6.32. The number of furan rings is 1. The SMILES string of the molecule is Cc1noc(C)c1S(=O)(=O)N1CCC(C(=O)NCC(c2ccco2)N2CCCC2)CC1. The van der Waals surface area contributed by atoms with Crippen molar-refractivity contribution in [3.63, 3.8) is 0 Å². The molecule has 31 heavy (non-hydrogen) atoms. The van der Waals surface area contributed by atoms with E-state index in [0.717, 1.165) is 31.7 Å². The van der Waals surface area contributed by atoms with Gasteiger partial charge in [-0.05, 0) is 64.8 Å². The van der Waals surface area contributed by atoms with Crippen LogP contribution in [0.25, 0.3) is 0 Å². The Kier molecular flexibility index (Phi) is 6.49. The highest BCUT2D eigenvalue weighted by Gasteiger charge is 2.36. The molecule has 2 saturated heterocycles. The number of carbonyl (C=O) groups is 1. The summed E-state index contributed by atoms with van der Waals surface area (Å²) in [6, 6.07) is 3.85. The lowest BCUT2D eigenvalue weighted by Gasteiger charge is -2.31. The van der Waals surface area contributed by atoms with E-state index < -0.39 is 10.0 Å². The minimum Gasteiger partial charge on any atom is -0.468 e. The Morgan fingerprint density at radius 3 is 2.52 bits per heavy atom. The lowest BCUT2D eigenvalue weighted by molar-refractivity contribution is -0.126. The molecule has 0 spiro atoms. The number of aryl methyl sites for hydroxylation is 2. The fourth-order valence-corrected chi connectivity index (χ4v) is 6.38. The lowest BCUT2D eigenvalue weighted by Crippen LogP contribution is -2.44. The Morgan fingerprint density at radius 2 is 1.94 bits per heavy atom. The third-order valence-electron chi connectivity index (χ3n) is 6.31. The number of rotatable bonds is 7. The summed E-state index contributed by atoms with van der Waals surface area (Å²) in [5.41, 5.74) is 0.364. The van der Waals surface area contributed by atoms with Crippen LogP contribution in [-0.4, -0.2) is 61.4 Å². The summed E-state index contributed by atoms with van der Waals surface area (Å²) >= 11 is 0. The zero-order valence-corrected chi connectivity index (χ0v) is 18.9. The van der Waals surface area contributed by atoms with Gasteiger partial charge < -0.3 is 14.3 Å². The average Bonchev–Trinajstić information content (AvgIpc) is 3.52. The largest absolute Gasteiger partial charge is 0.468 e. The lowest BCUT2D eigenvalue weighted by atomic mass is 9.97. The van der Waals surface area contributed by atoms with Crippen molar-refractivity contribution in [2.75, 3.05) is 32.7 Å². The van der Waals surface area contributed by atoms with Crippen LogP contribution >= 0.6 is 0 Å². The van der Waals surface area contributed by atoms with Crippen molar-refractivity contribution in [2.45, 2.75) is 50.5 Å². The van der Waals surface area contributed by atoms with E-state index in [4.69, 9.17) is 8.94 Å². The first-order valence-corrected chi connectivity index (χ1v) is 12.3. The molecule has 4 rings (SSSR count). The maximum atomic E-state index is 13.0. The number of hydrogen-bond acceptors (Lipinski definition) is 7. The molecule has 2 fully saturated rings. The Balaban J connectivity index is 1.34. The summed E-state index contributed by atoms with van der Waals surface area (Å²) in [6.07, 6.45) is 4.95. The smallest absolute Gasteiger partial charge is 0.248 e. The highest BCUT2D eigenvalue weighted by Crippen LogP contribution is 2.28. The average molecular weight is 451 g/mol. The van der Waals surface area contributed by atoms with Gasteiger partial charge in [-0.25, -0.2) is 8.42 Å². The number of aromatic nitrogens is 1. The van der Waals surface area contributed by atoms with Crippen LogP contribution in [0.1, 0.15) is 48.9 Å². The van der Waals surface area contributed by atoms with Gasteiger partial charge in [0.05, 0.1) is 12.3 Å². The van der Waals surface area contributed by atoms with Crippen molar-refractivity contribution in [3.05, 3.63) is 35.6 Å². The Labute approximate surface area is 182 Å². The predicted octanol–water partition coefficient (Wildman–Crippen LogP) is 2.24. The van der Waals surface area contributed by atoms with Gasteiger partial charge in [0.25, 0.3) is 0 Å². The number of hydrogen-bond donors (Lipinski definition) is 1. The highest BCUT2D eigenvalue weighted by atomic mass is 32.2. The molecule has 2 aliphatic rings. The minimum atomic E-state index is -3.67. The molecule has 0 aromatic carbocycles. The molecule has 0 saturated carbocycles. The van der Waals surface area contributed by atoms with Crippen LogP contribution in [0.3, 0.4) is 0 Å². The van der Waals surface area contributed by atoms with Gasteiger partial charge in [-0.2, -0.15) is 4.31 Å². The summed E-state index contributed by atoms with van der Waals surface area (Å²) in [5, 5.41) is 6.84. The summed E-state index contributed by atoms with van der Waals surface area (Å²) in [5.74, 6) is 0.933. The van der Waals surface area contributed by atoms with E-state index in [1.54, 1.807) is 20.1 Å². The second kappa shape index (κ2) is 9.13. The van der Waals surface area contributed by atoms with E-state index in [9.17, 15) is 13.2 Å². The van der Waals surface area contributed by atoms with Gasteiger partial charge in [0.15, 0.2) is 5.76 Å².